The molecule has 0 fully saturated rings. The van der Waals surface area contributed by atoms with Crippen LogP contribution in [0.3, 0.4) is 0 Å². The molecule has 0 radical (unpaired) electrons. The fourth-order valence-corrected chi connectivity index (χ4v) is 1.16. The largest absolute Gasteiger partial charge is 0.477 e. The lowest BCUT2D eigenvalue weighted by molar-refractivity contribution is -0.891. The molecule has 1 heterocycles. The van der Waals surface area contributed by atoms with E-state index in [4.69, 9.17) is 9.94 Å². The number of rotatable bonds is 2. The van der Waals surface area contributed by atoms with Gasteiger partial charge in [0.15, 0.2) is 17.0 Å². The number of nitrogens with zero attached hydrogens (tertiary/aromatic N) is 2. The second-order valence-electron chi connectivity index (χ2n) is 2.60. The highest BCUT2D eigenvalue weighted by Gasteiger charge is 2.21. The van der Waals surface area contributed by atoms with E-state index in [-0.39, 0.29) is 5.56 Å². The number of carboxylic acids is 1. The third-order valence-electron chi connectivity index (χ3n) is 1.82. The molecule has 13 heavy (non-hydrogen) atoms. The van der Waals surface area contributed by atoms with Crippen LogP contribution in [-0.2, 0) is 0 Å². The smallest absolute Gasteiger partial charge is 0.344 e. The highest BCUT2D eigenvalue weighted by molar-refractivity contribution is 5.89. The van der Waals surface area contributed by atoms with Crippen molar-refractivity contribution in [3.8, 4) is 0 Å². The number of hydrogen-bond donors (Lipinski definition) is 1. The molecule has 1 aromatic rings. The molecule has 5 nitrogen and oxygen atoms in total. The molecule has 0 aliphatic carbocycles. The van der Waals surface area contributed by atoms with Gasteiger partial charge in [-0.3, -0.25) is 0 Å². The molecule has 1 N–H and O–H groups in total. The van der Waals surface area contributed by atoms with Gasteiger partial charge >= 0.3 is 12.3 Å². The van der Waals surface area contributed by atoms with E-state index in [1.165, 1.54) is 18.2 Å². The first-order valence-corrected chi connectivity index (χ1v) is 3.73. The zero-order chi connectivity index (χ0) is 10.0. The molecule has 0 aliphatic rings. The van der Waals surface area contributed by atoms with Gasteiger partial charge in [0, 0.05) is 13.8 Å². The van der Waals surface area contributed by atoms with E-state index in [1.54, 1.807) is 13.8 Å². The Morgan fingerprint density at radius 3 is 2.69 bits per heavy atom. The fraction of sp³-hybridized carbons (Fsp3) is 0.375. The minimum absolute atomic E-state index is 0.185. The summed E-state index contributed by atoms with van der Waals surface area (Å²) >= 11 is 0. The molecule has 0 aliphatic heterocycles. The van der Waals surface area contributed by atoms with Crippen molar-refractivity contribution in [1.29, 1.82) is 0 Å². The van der Waals surface area contributed by atoms with Crippen molar-refractivity contribution in [2.24, 2.45) is 0 Å². The number of aryl methyl sites for hydroxylation is 1. The van der Waals surface area contributed by atoms with Gasteiger partial charge in [-0.25, -0.2) is 4.79 Å². The average molecular weight is 183 g/mol. The van der Waals surface area contributed by atoms with Crippen molar-refractivity contribution in [2.45, 2.75) is 13.8 Å². The van der Waals surface area contributed by atoms with Gasteiger partial charge in [0.1, 0.15) is 7.11 Å². The SMILES string of the molecule is CO[n+]1cnc(C)c(C(=O)O)c1C. The normalized spacial score (nSPS) is 9.77. The number of aromatic carboxylic acids is 1. The average Bonchev–Trinajstić information content (AvgIpc) is 2.04. The van der Waals surface area contributed by atoms with E-state index < -0.39 is 5.97 Å². The lowest BCUT2D eigenvalue weighted by atomic mass is 10.2. The van der Waals surface area contributed by atoms with E-state index in [0.717, 1.165) is 0 Å². The van der Waals surface area contributed by atoms with Crippen LogP contribution in [0.4, 0.5) is 0 Å². The summed E-state index contributed by atoms with van der Waals surface area (Å²) in [5, 5.41) is 8.86. The monoisotopic (exact) mass is 183 g/mol. The zero-order valence-electron chi connectivity index (χ0n) is 7.74. The van der Waals surface area contributed by atoms with Gasteiger partial charge in [0.25, 0.3) is 0 Å². The van der Waals surface area contributed by atoms with Gasteiger partial charge in [-0.2, -0.15) is 0 Å². The predicted octanol–water partition coefficient (Wildman–Crippen LogP) is -0.257. The minimum atomic E-state index is -0.992. The summed E-state index contributed by atoms with van der Waals surface area (Å²) in [4.78, 5) is 19.6. The molecule has 1 aromatic heterocycles. The van der Waals surface area contributed by atoms with Gasteiger partial charge in [-0.05, 0) is 9.71 Å². The summed E-state index contributed by atoms with van der Waals surface area (Å²) in [5.74, 6) is -0.992. The molecular weight excluding hydrogens is 172 g/mol. The molecular formula is C8H11N2O3+. The van der Waals surface area contributed by atoms with Crippen molar-refractivity contribution in [3.63, 3.8) is 0 Å². The maximum Gasteiger partial charge on any atom is 0.344 e. The zero-order valence-corrected chi connectivity index (χ0v) is 7.74. The maximum atomic E-state index is 10.8. The van der Waals surface area contributed by atoms with E-state index in [2.05, 4.69) is 4.98 Å². The molecule has 0 aromatic carbocycles. The van der Waals surface area contributed by atoms with Gasteiger partial charge in [0.2, 0.25) is 0 Å². The van der Waals surface area contributed by atoms with Crippen LogP contribution < -0.4 is 9.57 Å². The Morgan fingerprint density at radius 1 is 1.62 bits per heavy atom. The molecule has 0 saturated carbocycles. The summed E-state index contributed by atoms with van der Waals surface area (Å²) in [7, 11) is 1.45. The topological polar surface area (TPSA) is 63.3 Å². The molecule has 5 heteroatoms. The van der Waals surface area contributed by atoms with Crippen LogP contribution in [-0.4, -0.2) is 23.2 Å². The van der Waals surface area contributed by atoms with Crippen LogP contribution in [0.25, 0.3) is 0 Å². The summed E-state index contributed by atoms with van der Waals surface area (Å²) in [6.07, 6.45) is 1.44. The van der Waals surface area contributed by atoms with Gasteiger partial charge in [0.05, 0.1) is 0 Å². The summed E-state index contributed by atoms with van der Waals surface area (Å²) in [6, 6.07) is 0. The van der Waals surface area contributed by atoms with Gasteiger partial charge < -0.3 is 9.94 Å². The lowest BCUT2D eigenvalue weighted by Crippen LogP contribution is -2.45. The third-order valence-corrected chi connectivity index (χ3v) is 1.82. The van der Waals surface area contributed by atoms with Crippen LogP contribution in [0, 0.1) is 13.8 Å². The van der Waals surface area contributed by atoms with Gasteiger partial charge in [-0.1, -0.05) is 0 Å². The first-order chi connectivity index (χ1) is 6.07. The van der Waals surface area contributed by atoms with Crippen molar-refractivity contribution in [1.82, 2.24) is 4.98 Å². The highest BCUT2D eigenvalue weighted by Crippen LogP contribution is 2.05. The first kappa shape index (κ1) is 9.44. The standard InChI is InChI=1S/C8H10N2O3/c1-5-7(8(11)12)6(2)10(13-3)4-9-5/h4H,1-3H3/p+1. The summed E-state index contributed by atoms with van der Waals surface area (Å²) in [6.45, 7) is 3.32. The molecule has 0 amide bonds. The maximum absolute atomic E-state index is 10.8. The van der Waals surface area contributed by atoms with Crippen LogP contribution >= 0.6 is 0 Å². The molecule has 0 unspecified atom stereocenters. The molecule has 0 bridgehead atoms. The molecule has 0 saturated heterocycles. The Kier molecular flexibility index (Phi) is 2.46. The summed E-state index contributed by atoms with van der Waals surface area (Å²) in [5.41, 5.74) is 1.20. The summed E-state index contributed by atoms with van der Waals surface area (Å²) < 4.78 is 1.32. The van der Waals surface area contributed by atoms with E-state index in [1.807, 2.05) is 0 Å². The first-order valence-electron chi connectivity index (χ1n) is 3.73. The Hall–Kier alpha value is -1.65. The van der Waals surface area contributed by atoms with E-state index in [0.29, 0.717) is 11.4 Å². The Labute approximate surface area is 75.6 Å². The second-order valence-corrected chi connectivity index (χ2v) is 2.60. The van der Waals surface area contributed by atoms with Crippen LogP contribution in [0.5, 0.6) is 0 Å². The minimum Gasteiger partial charge on any atom is -0.477 e. The lowest BCUT2D eigenvalue weighted by Gasteiger charge is -2.02. The second kappa shape index (κ2) is 3.38. The van der Waals surface area contributed by atoms with Crippen molar-refractivity contribution in [3.05, 3.63) is 23.3 Å². The number of carboxylic acid groups (broad SMARTS) is 1. The number of hydrogen-bond acceptors (Lipinski definition) is 3. The highest BCUT2D eigenvalue weighted by atomic mass is 16.6. The van der Waals surface area contributed by atoms with Crippen molar-refractivity contribution < 1.29 is 19.5 Å². The van der Waals surface area contributed by atoms with Crippen molar-refractivity contribution in [2.75, 3.05) is 7.11 Å². The molecule has 0 atom stereocenters. The third kappa shape index (κ3) is 1.58. The predicted molar refractivity (Wildman–Crippen MR) is 43.4 cm³/mol. The van der Waals surface area contributed by atoms with E-state index in [9.17, 15) is 4.79 Å². The Balaban J connectivity index is 3.38. The molecule has 1 rings (SSSR count). The quantitative estimate of drug-likeness (QED) is 0.642. The van der Waals surface area contributed by atoms with Crippen LogP contribution in [0.15, 0.2) is 6.33 Å². The number of aromatic nitrogens is 2. The Morgan fingerprint density at radius 2 is 2.23 bits per heavy atom. The van der Waals surface area contributed by atoms with Crippen molar-refractivity contribution >= 4 is 5.97 Å². The van der Waals surface area contributed by atoms with Crippen LogP contribution in [0.2, 0.25) is 0 Å². The van der Waals surface area contributed by atoms with Gasteiger partial charge in [-0.15, -0.1) is 0 Å². The number of carbonyl (C=O) groups is 1. The van der Waals surface area contributed by atoms with Crippen LogP contribution in [0.1, 0.15) is 21.7 Å². The molecule has 0 spiro atoms. The fourth-order valence-electron chi connectivity index (χ4n) is 1.16. The molecule has 70 valence electrons. The Bertz CT molecular complexity index is 349. The van der Waals surface area contributed by atoms with E-state index >= 15 is 0 Å².